The number of hydrazine groups is 1. The van der Waals surface area contributed by atoms with Crippen molar-refractivity contribution in [1.29, 1.82) is 0 Å². The van der Waals surface area contributed by atoms with Crippen LogP contribution in [0, 0.1) is 0 Å². The number of benzene rings is 2. The van der Waals surface area contributed by atoms with Crippen molar-refractivity contribution in [2.75, 3.05) is 19.7 Å². The molecule has 0 spiro atoms. The first-order chi connectivity index (χ1) is 14.8. The summed E-state index contributed by atoms with van der Waals surface area (Å²) < 4.78 is 44.7. The zero-order valence-corrected chi connectivity index (χ0v) is 17.1. The highest BCUT2D eigenvalue weighted by Gasteiger charge is 2.30. The van der Waals surface area contributed by atoms with Crippen LogP contribution in [0.2, 0.25) is 0 Å². The molecule has 0 aliphatic carbocycles. The molecule has 9 heteroatoms. The summed E-state index contributed by atoms with van der Waals surface area (Å²) in [5, 5.41) is 1.91. The van der Waals surface area contributed by atoms with Gasteiger partial charge in [-0.1, -0.05) is 6.42 Å². The van der Waals surface area contributed by atoms with Gasteiger partial charge in [-0.05, 0) is 56.2 Å². The van der Waals surface area contributed by atoms with E-state index in [0.29, 0.717) is 34.8 Å². The number of aromatic nitrogens is 2. The van der Waals surface area contributed by atoms with Crippen LogP contribution in [0.15, 0.2) is 36.4 Å². The van der Waals surface area contributed by atoms with E-state index in [2.05, 4.69) is 15.4 Å². The fraction of sp³-hybridized carbons (Fsp3) is 0.364. The molecule has 2 aromatic carbocycles. The number of nitrogens with one attached hydrogen (secondary N) is 2. The van der Waals surface area contributed by atoms with Crippen LogP contribution in [-0.4, -0.2) is 40.6 Å². The van der Waals surface area contributed by atoms with Crippen molar-refractivity contribution in [3.63, 3.8) is 0 Å². The van der Waals surface area contributed by atoms with Crippen LogP contribution in [0.4, 0.5) is 13.2 Å². The Morgan fingerprint density at radius 1 is 1.16 bits per heavy atom. The summed E-state index contributed by atoms with van der Waals surface area (Å²) in [6, 6.07) is 8.35. The molecular weight excluding hydrogens is 409 g/mol. The average Bonchev–Trinajstić information content (AvgIpc) is 3.17. The van der Waals surface area contributed by atoms with E-state index in [1.165, 1.54) is 6.07 Å². The highest BCUT2D eigenvalue weighted by Crippen LogP contribution is 2.34. The maximum atomic E-state index is 13.0. The van der Waals surface area contributed by atoms with Gasteiger partial charge >= 0.3 is 6.18 Å². The van der Waals surface area contributed by atoms with Gasteiger partial charge in [0.2, 0.25) is 0 Å². The smallest absolute Gasteiger partial charge is 0.416 e. The zero-order chi connectivity index (χ0) is 22.0. The van der Waals surface area contributed by atoms with Gasteiger partial charge in [-0.15, -0.1) is 0 Å². The average molecular weight is 432 g/mol. The van der Waals surface area contributed by atoms with Crippen LogP contribution >= 0.6 is 0 Å². The molecule has 0 atom stereocenters. The van der Waals surface area contributed by atoms with E-state index in [9.17, 15) is 18.0 Å². The zero-order valence-electron chi connectivity index (χ0n) is 17.1. The van der Waals surface area contributed by atoms with E-state index in [1.54, 1.807) is 18.2 Å². The van der Waals surface area contributed by atoms with Crippen LogP contribution in [-0.2, 0) is 6.18 Å². The van der Waals surface area contributed by atoms with E-state index in [1.807, 2.05) is 11.9 Å². The molecule has 1 aliphatic rings. The first-order valence-corrected chi connectivity index (χ1v) is 10.3. The molecule has 0 radical (unpaired) electrons. The largest absolute Gasteiger partial charge is 0.493 e. The second-order valence-corrected chi connectivity index (χ2v) is 7.45. The lowest BCUT2D eigenvalue weighted by molar-refractivity contribution is -0.137. The van der Waals surface area contributed by atoms with Crippen LogP contribution in [0.5, 0.6) is 5.75 Å². The third-order valence-electron chi connectivity index (χ3n) is 5.22. The standard InChI is InChI=1S/C22H23F3N4O2/c1-2-31-19-12-14(21(30)28-29-10-4-3-5-11-29)6-8-16(19)20-26-17-9-7-15(22(23,24)25)13-18(17)27-20/h6-9,12-13H,2-5,10-11H2,1H3,(H,26,27)(H,28,30). The normalized spacial score (nSPS) is 15.2. The second-order valence-electron chi connectivity index (χ2n) is 7.45. The topological polar surface area (TPSA) is 70.2 Å². The minimum atomic E-state index is -4.43. The fourth-order valence-electron chi connectivity index (χ4n) is 3.66. The molecule has 6 nitrogen and oxygen atoms in total. The summed E-state index contributed by atoms with van der Waals surface area (Å²) in [4.78, 5) is 20.0. The Morgan fingerprint density at radius 3 is 2.65 bits per heavy atom. The lowest BCUT2D eigenvalue weighted by atomic mass is 10.1. The molecule has 2 heterocycles. The van der Waals surface area contributed by atoms with Crippen molar-refractivity contribution in [3.8, 4) is 17.1 Å². The number of carbonyl (C=O) groups is 1. The number of H-pyrrole nitrogens is 1. The van der Waals surface area contributed by atoms with E-state index >= 15 is 0 Å². The van der Waals surface area contributed by atoms with Gasteiger partial charge in [0.05, 0.1) is 28.8 Å². The fourth-order valence-corrected chi connectivity index (χ4v) is 3.66. The van der Waals surface area contributed by atoms with Gasteiger partial charge < -0.3 is 9.72 Å². The minimum Gasteiger partial charge on any atom is -0.493 e. The number of hydrogen-bond donors (Lipinski definition) is 2. The maximum absolute atomic E-state index is 13.0. The number of ether oxygens (including phenoxy) is 1. The van der Waals surface area contributed by atoms with E-state index in [0.717, 1.165) is 44.5 Å². The summed E-state index contributed by atoms with van der Waals surface area (Å²) in [5.74, 6) is 0.582. The van der Waals surface area contributed by atoms with E-state index in [4.69, 9.17) is 4.74 Å². The molecule has 31 heavy (non-hydrogen) atoms. The molecule has 164 valence electrons. The first-order valence-electron chi connectivity index (χ1n) is 10.3. The SMILES string of the molecule is CCOc1cc(C(=O)NN2CCCCC2)ccc1-c1nc2ccc(C(F)(F)F)cc2[nH]1. The predicted molar refractivity (Wildman–Crippen MR) is 111 cm³/mol. The number of amides is 1. The first kappa shape index (κ1) is 21.2. The Bertz CT molecular complexity index is 1090. The molecule has 3 aromatic rings. The third kappa shape index (κ3) is 4.66. The number of alkyl halides is 3. The van der Waals surface area contributed by atoms with Crippen molar-refractivity contribution in [2.45, 2.75) is 32.4 Å². The molecule has 1 fully saturated rings. The third-order valence-corrected chi connectivity index (χ3v) is 5.22. The van der Waals surface area contributed by atoms with Crippen molar-refractivity contribution >= 4 is 16.9 Å². The number of fused-ring (bicyclic) bond motifs is 1. The maximum Gasteiger partial charge on any atom is 0.416 e. The number of carbonyl (C=O) groups excluding carboxylic acids is 1. The minimum absolute atomic E-state index is 0.228. The lowest BCUT2D eigenvalue weighted by Gasteiger charge is -2.26. The second kappa shape index (κ2) is 8.58. The molecule has 1 saturated heterocycles. The van der Waals surface area contributed by atoms with Crippen LogP contribution in [0.25, 0.3) is 22.4 Å². The Labute approximate surface area is 177 Å². The molecular formula is C22H23F3N4O2. The number of imidazole rings is 1. The molecule has 0 unspecified atom stereocenters. The Balaban J connectivity index is 1.64. The lowest BCUT2D eigenvalue weighted by Crippen LogP contribution is -2.45. The number of rotatable bonds is 5. The molecule has 4 rings (SSSR count). The molecule has 1 aromatic heterocycles. The number of nitrogens with zero attached hydrogens (tertiary/aromatic N) is 2. The summed E-state index contributed by atoms with van der Waals surface area (Å²) in [7, 11) is 0. The number of piperidine rings is 1. The van der Waals surface area contributed by atoms with Crippen molar-refractivity contribution in [1.82, 2.24) is 20.4 Å². The van der Waals surface area contributed by atoms with Gasteiger partial charge in [-0.3, -0.25) is 10.2 Å². The van der Waals surface area contributed by atoms with Crippen molar-refractivity contribution in [3.05, 3.63) is 47.5 Å². The molecule has 1 amide bonds. The molecule has 2 N–H and O–H groups in total. The van der Waals surface area contributed by atoms with Gasteiger partial charge in [0.1, 0.15) is 11.6 Å². The van der Waals surface area contributed by atoms with Crippen molar-refractivity contribution in [2.24, 2.45) is 0 Å². The summed E-state index contributed by atoms with van der Waals surface area (Å²) in [6.07, 6.45) is -1.17. The van der Waals surface area contributed by atoms with Gasteiger partial charge in [-0.25, -0.2) is 9.99 Å². The quantitative estimate of drug-likeness (QED) is 0.609. The van der Waals surface area contributed by atoms with Gasteiger partial charge in [0.25, 0.3) is 5.91 Å². The highest BCUT2D eigenvalue weighted by molar-refractivity contribution is 5.95. The summed E-state index contributed by atoms with van der Waals surface area (Å²) in [5.41, 5.74) is 3.87. The van der Waals surface area contributed by atoms with Crippen molar-refractivity contribution < 1.29 is 22.7 Å². The van der Waals surface area contributed by atoms with Crippen LogP contribution in [0.3, 0.4) is 0 Å². The predicted octanol–water partition coefficient (Wildman–Crippen LogP) is 4.78. The Kier molecular flexibility index (Phi) is 5.86. The number of halogens is 3. The monoisotopic (exact) mass is 432 g/mol. The molecule has 0 saturated carbocycles. The molecule has 1 aliphatic heterocycles. The Morgan fingerprint density at radius 2 is 1.94 bits per heavy atom. The summed E-state index contributed by atoms with van der Waals surface area (Å²) >= 11 is 0. The Hall–Kier alpha value is -3.07. The highest BCUT2D eigenvalue weighted by atomic mass is 19.4. The van der Waals surface area contributed by atoms with Gasteiger partial charge in [-0.2, -0.15) is 13.2 Å². The number of hydrogen-bond acceptors (Lipinski definition) is 4. The van der Waals surface area contributed by atoms with Gasteiger partial charge in [0.15, 0.2) is 0 Å². The van der Waals surface area contributed by atoms with Crippen LogP contribution in [0.1, 0.15) is 42.1 Å². The molecule has 0 bridgehead atoms. The van der Waals surface area contributed by atoms with Gasteiger partial charge in [0, 0.05) is 18.7 Å². The van der Waals surface area contributed by atoms with E-state index in [-0.39, 0.29) is 11.4 Å². The summed E-state index contributed by atoms with van der Waals surface area (Å²) in [6.45, 7) is 3.82. The van der Waals surface area contributed by atoms with Crippen LogP contribution < -0.4 is 10.2 Å². The number of aromatic amines is 1. The van der Waals surface area contributed by atoms with E-state index < -0.39 is 11.7 Å².